The van der Waals surface area contributed by atoms with Crippen molar-refractivity contribution in [3.8, 4) is 0 Å². The molecule has 7 nitrogen and oxygen atoms in total. The number of rotatable bonds is 7. The predicted octanol–water partition coefficient (Wildman–Crippen LogP) is 2.48. The van der Waals surface area contributed by atoms with Crippen LogP contribution in [0.2, 0.25) is 0 Å². The van der Waals surface area contributed by atoms with Gasteiger partial charge in [0.05, 0.1) is 18.8 Å². The largest absolute Gasteiger partial charge is 0.317 e. The highest BCUT2D eigenvalue weighted by Gasteiger charge is 2.27. The maximum absolute atomic E-state index is 4.60. The van der Waals surface area contributed by atoms with Crippen LogP contribution in [-0.4, -0.2) is 60.5 Å². The Hall–Kier alpha value is -1.99. The van der Waals surface area contributed by atoms with Crippen molar-refractivity contribution in [1.82, 2.24) is 34.3 Å². The third kappa shape index (κ3) is 4.20. The first-order valence-electron chi connectivity index (χ1n) is 10.6. The Morgan fingerprint density at radius 2 is 1.89 bits per heavy atom. The van der Waals surface area contributed by atoms with Gasteiger partial charge in [-0.2, -0.15) is 5.10 Å². The molecule has 28 heavy (non-hydrogen) atoms. The van der Waals surface area contributed by atoms with Crippen LogP contribution in [0.4, 0.5) is 0 Å². The molecule has 0 bridgehead atoms. The van der Waals surface area contributed by atoms with Crippen LogP contribution in [0.15, 0.2) is 18.9 Å². The number of aromatic nitrogens is 5. The van der Waals surface area contributed by atoms with Crippen molar-refractivity contribution in [1.29, 1.82) is 0 Å². The van der Waals surface area contributed by atoms with Crippen molar-refractivity contribution >= 4 is 0 Å². The molecule has 0 unspecified atom stereocenters. The van der Waals surface area contributed by atoms with Crippen LogP contribution in [0.1, 0.15) is 54.5 Å². The third-order valence-corrected chi connectivity index (χ3v) is 6.19. The molecular formula is C21H33N7. The summed E-state index contributed by atoms with van der Waals surface area (Å²) in [5.41, 5.74) is 2.44. The van der Waals surface area contributed by atoms with E-state index in [9.17, 15) is 0 Å². The molecule has 4 heterocycles. The van der Waals surface area contributed by atoms with Gasteiger partial charge in [-0.05, 0) is 52.2 Å². The van der Waals surface area contributed by atoms with Gasteiger partial charge in [0.1, 0.15) is 11.6 Å². The first kappa shape index (κ1) is 19.3. The Kier molecular flexibility index (Phi) is 5.92. The summed E-state index contributed by atoms with van der Waals surface area (Å²) in [6, 6.07) is 0. The Bertz CT molecular complexity index is 800. The van der Waals surface area contributed by atoms with E-state index in [1.807, 2.05) is 10.8 Å². The number of aryl methyl sites for hydroxylation is 1. The maximum atomic E-state index is 4.60. The molecule has 0 radical (unpaired) electrons. The summed E-state index contributed by atoms with van der Waals surface area (Å²) < 4.78 is 4.23. The van der Waals surface area contributed by atoms with Gasteiger partial charge in [0, 0.05) is 37.8 Å². The van der Waals surface area contributed by atoms with E-state index in [2.05, 4.69) is 56.4 Å². The fraction of sp³-hybridized carbons (Fsp3) is 0.667. The lowest BCUT2D eigenvalue weighted by molar-refractivity contribution is 0.194. The van der Waals surface area contributed by atoms with Gasteiger partial charge in [-0.1, -0.05) is 6.08 Å². The third-order valence-electron chi connectivity index (χ3n) is 6.19. The topological polar surface area (TPSA) is 55.0 Å². The van der Waals surface area contributed by atoms with Gasteiger partial charge in [-0.25, -0.2) is 0 Å². The van der Waals surface area contributed by atoms with Gasteiger partial charge < -0.3 is 4.57 Å². The Morgan fingerprint density at radius 1 is 1.11 bits per heavy atom. The minimum atomic E-state index is 0.460. The molecule has 0 aliphatic carbocycles. The lowest BCUT2D eigenvalue weighted by Gasteiger charge is -2.32. The van der Waals surface area contributed by atoms with E-state index in [4.69, 9.17) is 0 Å². The minimum Gasteiger partial charge on any atom is -0.317 e. The molecule has 0 amide bonds. The van der Waals surface area contributed by atoms with Crippen LogP contribution < -0.4 is 0 Å². The predicted molar refractivity (Wildman–Crippen MR) is 110 cm³/mol. The summed E-state index contributed by atoms with van der Waals surface area (Å²) >= 11 is 0. The molecule has 0 aromatic carbocycles. The van der Waals surface area contributed by atoms with E-state index < -0.39 is 0 Å². The van der Waals surface area contributed by atoms with Gasteiger partial charge in [-0.3, -0.25) is 14.5 Å². The molecule has 152 valence electrons. The molecular weight excluding hydrogens is 350 g/mol. The molecule has 7 heteroatoms. The van der Waals surface area contributed by atoms with Crippen molar-refractivity contribution in [2.24, 2.45) is 7.05 Å². The first-order chi connectivity index (χ1) is 13.6. The lowest BCUT2D eigenvalue weighted by atomic mass is 9.96. The molecule has 4 rings (SSSR count). The molecule has 0 saturated carbocycles. The van der Waals surface area contributed by atoms with Gasteiger partial charge in [-0.15, -0.1) is 16.8 Å². The number of allylic oxidation sites excluding steroid dienone is 1. The second-order valence-electron chi connectivity index (χ2n) is 8.34. The van der Waals surface area contributed by atoms with Gasteiger partial charge >= 0.3 is 0 Å². The molecule has 2 saturated heterocycles. The smallest absolute Gasteiger partial charge is 0.146 e. The standard InChI is InChI=1S/C21H33N7/c1-4-9-28-15-19(17(2)24-28)14-27-12-7-8-18(13-27)21-23-22-20(25(21)3)16-26-10-5-6-11-26/h4,15,18H,1,5-14,16H2,2-3H3/t18-/m1/s1. The molecule has 1 atom stereocenters. The van der Waals surface area contributed by atoms with E-state index in [1.54, 1.807) is 0 Å². The molecule has 0 spiro atoms. The van der Waals surface area contributed by atoms with Gasteiger partial charge in [0.2, 0.25) is 0 Å². The number of likely N-dealkylation sites (tertiary alicyclic amines) is 2. The van der Waals surface area contributed by atoms with E-state index in [1.165, 1.54) is 44.3 Å². The van der Waals surface area contributed by atoms with E-state index in [-0.39, 0.29) is 0 Å². The van der Waals surface area contributed by atoms with Crippen molar-refractivity contribution in [2.75, 3.05) is 26.2 Å². The second kappa shape index (κ2) is 8.57. The first-order valence-corrected chi connectivity index (χ1v) is 10.6. The highest BCUT2D eigenvalue weighted by Crippen LogP contribution is 2.27. The zero-order chi connectivity index (χ0) is 19.5. The van der Waals surface area contributed by atoms with Gasteiger partial charge in [0.25, 0.3) is 0 Å². The van der Waals surface area contributed by atoms with Crippen molar-refractivity contribution < 1.29 is 0 Å². The SMILES string of the molecule is C=CCn1cc(CN2CCC[C@@H](c3nnc(CN4CCCC4)n3C)C2)c(C)n1. The Balaban J connectivity index is 1.41. The number of hydrogen-bond donors (Lipinski definition) is 0. The minimum absolute atomic E-state index is 0.460. The quantitative estimate of drug-likeness (QED) is 0.688. The second-order valence-corrected chi connectivity index (χ2v) is 8.34. The molecule has 2 fully saturated rings. The van der Waals surface area contributed by atoms with Crippen molar-refractivity contribution in [2.45, 2.75) is 58.2 Å². The van der Waals surface area contributed by atoms with E-state index in [0.717, 1.165) is 50.1 Å². The Labute approximate surface area is 168 Å². The molecule has 2 aromatic rings. The lowest BCUT2D eigenvalue weighted by Crippen LogP contribution is -2.35. The maximum Gasteiger partial charge on any atom is 0.146 e. The molecule has 2 aliphatic rings. The highest BCUT2D eigenvalue weighted by atomic mass is 15.3. The van der Waals surface area contributed by atoms with Gasteiger partial charge in [0.15, 0.2) is 0 Å². The zero-order valence-corrected chi connectivity index (χ0v) is 17.3. The summed E-state index contributed by atoms with van der Waals surface area (Å²) in [4.78, 5) is 5.04. The van der Waals surface area contributed by atoms with Crippen molar-refractivity contribution in [3.63, 3.8) is 0 Å². The molecule has 2 aliphatic heterocycles. The summed E-state index contributed by atoms with van der Waals surface area (Å²) in [5, 5.41) is 13.7. The average Bonchev–Trinajstić information content (AvgIpc) is 3.39. The van der Waals surface area contributed by atoms with E-state index >= 15 is 0 Å². The highest BCUT2D eigenvalue weighted by molar-refractivity contribution is 5.16. The monoisotopic (exact) mass is 383 g/mol. The van der Waals surface area contributed by atoms with Crippen molar-refractivity contribution in [3.05, 3.63) is 41.8 Å². The van der Waals surface area contributed by atoms with Crippen LogP contribution in [0.3, 0.4) is 0 Å². The summed E-state index contributed by atoms with van der Waals surface area (Å²) in [6.07, 6.45) is 9.08. The zero-order valence-electron chi connectivity index (χ0n) is 17.3. The van der Waals surface area contributed by atoms with E-state index in [0.29, 0.717) is 5.92 Å². The average molecular weight is 384 g/mol. The van der Waals surface area contributed by atoms with Crippen LogP contribution in [0.5, 0.6) is 0 Å². The van der Waals surface area contributed by atoms with Crippen LogP contribution in [0.25, 0.3) is 0 Å². The summed E-state index contributed by atoms with van der Waals surface area (Å²) in [7, 11) is 2.14. The number of nitrogens with zero attached hydrogens (tertiary/aromatic N) is 7. The van der Waals surface area contributed by atoms with Crippen LogP contribution >= 0.6 is 0 Å². The fourth-order valence-corrected chi connectivity index (χ4v) is 4.60. The number of hydrogen-bond acceptors (Lipinski definition) is 5. The summed E-state index contributed by atoms with van der Waals surface area (Å²) in [6.45, 7) is 13.1. The van der Waals surface area contributed by atoms with Crippen LogP contribution in [-0.2, 0) is 26.7 Å². The molecule has 2 aromatic heterocycles. The van der Waals surface area contributed by atoms with Crippen LogP contribution in [0, 0.1) is 6.92 Å². The normalized spacial score (nSPS) is 21.4. The number of piperidine rings is 1. The Morgan fingerprint density at radius 3 is 2.68 bits per heavy atom. The summed E-state index contributed by atoms with van der Waals surface area (Å²) in [5.74, 6) is 2.72. The molecule has 0 N–H and O–H groups in total. The fourth-order valence-electron chi connectivity index (χ4n) is 4.60.